The first kappa shape index (κ1) is 22.1. The van der Waals surface area contributed by atoms with Crippen molar-refractivity contribution in [1.29, 1.82) is 0 Å². The molecule has 2 aromatic carbocycles. The van der Waals surface area contributed by atoms with E-state index < -0.39 is 12.4 Å². The van der Waals surface area contributed by atoms with E-state index in [9.17, 15) is 4.79 Å². The average molecular weight is 490 g/mol. The van der Waals surface area contributed by atoms with Crippen molar-refractivity contribution in [2.45, 2.75) is 36.8 Å². The smallest absolute Gasteiger partial charge is 0.450 e. The van der Waals surface area contributed by atoms with Crippen molar-refractivity contribution in [3.05, 3.63) is 83.3 Å². The number of carbonyl (C=O) groups is 1. The number of ether oxygens (including phenoxy) is 1. The number of aromatic nitrogens is 2. The SMILES string of the molecule is CN1C[C@@H](c2ccc(-c3nc4ccc(C5(c6ccccc6)CC5)nc4s3)c(F)c2)C[C@@H]1OC(=O)O. The Morgan fingerprint density at radius 1 is 1.14 bits per heavy atom. The van der Waals surface area contributed by atoms with Gasteiger partial charge < -0.3 is 9.84 Å². The third-order valence-corrected chi connectivity index (χ3v) is 8.24. The second-order valence-corrected chi connectivity index (χ2v) is 10.4. The summed E-state index contributed by atoms with van der Waals surface area (Å²) in [5.41, 5.74) is 4.36. The van der Waals surface area contributed by atoms with Crippen LogP contribution in [0.1, 0.15) is 42.0 Å². The Balaban J connectivity index is 1.27. The van der Waals surface area contributed by atoms with E-state index in [0.29, 0.717) is 23.5 Å². The maximum absolute atomic E-state index is 15.2. The number of pyridine rings is 1. The number of benzene rings is 2. The van der Waals surface area contributed by atoms with E-state index in [4.69, 9.17) is 14.8 Å². The molecule has 3 heterocycles. The third kappa shape index (κ3) is 3.96. The van der Waals surface area contributed by atoms with Gasteiger partial charge in [0.2, 0.25) is 0 Å². The maximum atomic E-state index is 15.2. The number of thiazole rings is 1. The van der Waals surface area contributed by atoms with E-state index in [1.165, 1.54) is 23.0 Å². The molecule has 2 aliphatic rings. The van der Waals surface area contributed by atoms with Crippen LogP contribution in [0, 0.1) is 5.82 Å². The van der Waals surface area contributed by atoms with Crippen LogP contribution in [0.25, 0.3) is 20.9 Å². The van der Waals surface area contributed by atoms with E-state index in [1.54, 1.807) is 6.07 Å². The molecule has 8 heteroatoms. The molecule has 4 aromatic rings. The first-order valence-corrected chi connectivity index (χ1v) is 12.5. The third-order valence-electron chi connectivity index (χ3n) is 7.24. The molecule has 0 spiro atoms. The van der Waals surface area contributed by atoms with Crippen LogP contribution >= 0.6 is 11.3 Å². The maximum Gasteiger partial charge on any atom is 0.507 e. The minimum absolute atomic E-state index is 0.000194. The molecule has 178 valence electrons. The van der Waals surface area contributed by atoms with Gasteiger partial charge in [-0.15, -0.1) is 0 Å². The lowest BCUT2D eigenvalue weighted by Gasteiger charge is -2.16. The lowest BCUT2D eigenvalue weighted by Crippen LogP contribution is -2.29. The number of hydrogen-bond acceptors (Lipinski definition) is 6. The number of likely N-dealkylation sites (N-methyl/N-ethyl adjacent to an activating group) is 1. The number of hydrogen-bond donors (Lipinski definition) is 1. The van der Waals surface area contributed by atoms with Crippen LogP contribution in [0.2, 0.25) is 0 Å². The molecule has 0 amide bonds. The van der Waals surface area contributed by atoms with Crippen molar-refractivity contribution in [2.24, 2.45) is 0 Å². The van der Waals surface area contributed by atoms with Crippen molar-refractivity contribution in [3.63, 3.8) is 0 Å². The zero-order chi connectivity index (χ0) is 24.2. The zero-order valence-corrected chi connectivity index (χ0v) is 20.0. The van der Waals surface area contributed by atoms with Gasteiger partial charge in [-0.25, -0.2) is 19.2 Å². The van der Waals surface area contributed by atoms with Gasteiger partial charge in [-0.3, -0.25) is 4.90 Å². The van der Waals surface area contributed by atoms with Gasteiger partial charge in [0.25, 0.3) is 0 Å². The highest BCUT2D eigenvalue weighted by Gasteiger charge is 2.47. The lowest BCUT2D eigenvalue weighted by atomic mass is 9.92. The molecule has 6 nitrogen and oxygen atoms in total. The van der Waals surface area contributed by atoms with Crippen molar-refractivity contribution >= 4 is 27.8 Å². The Morgan fingerprint density at radius 3 is 2.66 bits per heavy atom. The normalized spacial score (nSPS) is 21.3. The Hall–Kier alpha value is -3.36. The van der Waals surface area contributed by atoms with Gasteiger partial charge in [-0.2, -0.15) is 0 Å². The zero-order valence-electron chi connectivity index (χ0n) is 19.1. The Kier molecular flexibility index (Phi) is 5.30. The van der Waals surface area contributed by atoms with Crippen LogP contribution < -0.4 is 0 Å². The number of likely N-dealkylation sites (tertiary alicyclic amines) is 1. The van der Waals surface area contributed by atoms with E-state index in [2.05, 4.69) is 35.3 Å². The van der Waals surface area contributed by atoms with Crippen molar-refractivity contribution in [1.82, 2.24) is 14.9 Å². The van der Waals surface area contributed by atoms with Crippen LogP contribution in [-0.4, -0.2) is 46.0 Å². The Bertz CT molecular complexity index is 1420. The molecular formula is C27H24FN3O3S. The first-order chi connectivity index (χ1) is 16.9. The minimum Gasteiger partial charge on any atom is -0.450 e. The molecule has 2 fully saturated rings. The first-order valence-electron chi connectivity index (χ1n) is 11.7. The fraction of sp³-hybridized carbons (Fsp3) is 0.296. The summed E-state index contributed by atoms with van der Waals surface area (Å²) < 4.78 is 20.2. The fourth-order valence-corrected chi connectivity index (χ4v) is 6.16. The Morgan fingerprint density at radius 2 is 1.94 bits per heavy atom. The standard InChI is InChI=1S/C27H24FN3O3S/c1-31-15-17(14-23(31)34-26(32)33)16-7-8-19(20(28)13-16)24-29-21-9-10-22(30-25(21)35-24)27(11-12-27)18-5-3-2-4-6-18/h2-10,13,17,23H,11-12,14-15H2,1H3,(H,32,33)/t17-,23-/m0/s1. The summed E-state index contributed by atoms with van der Waals surface area (Å²) in [7, 11) is 1.81. The molecule has 1 aliphatic heterocycles. The van der Waals surface area contributed by atoms with Crippen LogP contribution in [-0.2, 0) is 10.2 Å². The molecule has 2 atom stereocenters. The average Bonchev–Trinajstić information content (AvgIpc) is 3.43. The largest absolute Gasteiger partial charge is 0.507 e. The summed E-state index contributed by atoms with van der Waals surface area (Å²) in [5, 5.41) is 9.52. The fourth-order valence-electron chi connectivity index (χ4n) is 5.19. The van der Waals surface area contributed by atoms with E-state index >= 15 is 4.39 Å². The van der Waals surface area contributed by atoms with Gasteiger partial charge in [0.05, 0.1) is 5.69 Å². The molecule has 0 unspecified atom stereocenters. The molecule has 35 heavy (non-hydrogen) atoms. The molecule has 1 aliphatic carbocycles. The van der Waals surface area contributed by atoms with Gasteiger partial charge in [0, 0.05) is 29.9 Å². The summed E-state index contributed by atoms with van der Waals surface area (Å²) in [6.45, 7) is 0.605. The lowest BCUT2D eigenvalue weighted by molar-refractivity contribution is -0.00316. The number of carboxylic acid groups (broad SMARTS) is 1. The molecule has 6 rings (SSSR count). The second-order valence-electron chi connectivity index (χ2n) is 9.44. The van der Waals surface area contributed by atoms with Gasteiger partial charge in [-0.05, 0) is 55.3 Å². The summed E-state index contributed by atoms with van der Waals surface area (Å²) in [4.78, 5) is 23.2. The highest BCUT2D eigenvalue weighted by atomic mass is 32.1. The van der Waals surface area contributed by atoms with Crippen LogP contribution in [0.3, 0.4) is 0 Å². The second kappa shape index (κ2) is 8.39. The Labute approximate surface area is 206 Å². The van der Waals surface area contributed by atoms with E-state index in [0.717, 1.165) is 34.4 Å². The topological polar surface area (TPSA) is 75.5 Å². The highest BCUT2D eigenvalue weighted by molar-refractivity contribution is 7.21. The summed E-state index contributed by atoms with van der Waals surface area (Å²) in [6, 6.07) is 19.7. The minimum atomic E-state index is -1.30. The van der Waals surface area contributed by atoms with Crippen molar-refractivity contribution < 1.29 is 19.0 Å². The molecule has 1 saturated carbocycles. The predicted molar refractivity (Wildman–Crippen MR) is 132 cm³/mol. The molecule has 1 saturated heterocycles. The number of rotatable bonds is 5. The highest BCUT2D eigenvalue weighted by Crippen LogP contribution is 2.53. The predicted octanol–water partition coefficient (Wildman–Crippen LogP) is 6.02. The van der Waals surface area contributed by atoms with Gasteiger partial charge in [-0.1, -0.05) is 47.7 Å². The quantitative estimate of drug-likeness (QED) is 0.346. The molecule has 0 radical (unpaired) electrons. The van der Waals surface area contributed by atoms with E-state index in [-0.39, 0.29) is 17.2 Å². The van der Waals surface area contributed by atoms with Gasteiger partial charge >= 0.3 is 6.16 Å². The number of nitrogens with zero attached hydrogens (tertiary/aromatic N) is 3. The van der Waals surface area contributed by atoms with Crippen LogP contribution in [0.4, 0.5) is 9.18 Å². The molecule has 1 N–H and O–H groups in total. The molecular weight excluding hydrogens is 465 g/mol. The number of halogens is 1. The van der Waals surface area contributed by atoms with Crippen molar-refractivity contribution in [2.75, 3.05) is 13.6 Å². The van der Waals surface area contributed by atoms with Crippen molar-refractivity contribution in [3.8, 4) is 10.6 Å². The monoisotopic (exact) mass is 489 g/mol. The summed E-state index contributed by atoms with van der Waals surface area (Å²) in [5.74, 6) is -0.338. The molecule has 0 bridgehead atoms. The van der Waals surface area contributed by atoms with Crippen LogP contribution in [0.15, 0.2) is 60.7 Å². The summed E-state index contributed by atoms with van der Waals surface area (Å²) >= 11 is 1.41. The van der Waals surface area contributed by atoms with Crippen LogP contribution in [0.5, 0.6) is 0 Å². The van der Waals surface area contributed by atoms with Gasteiger partial charge in [0.15, 0.2) is 6.23 Å². The van der Waals surface area contributed by atoms with E-state index in [1.807, 2.05) is 30.1 Å². The summed E-state index contributed by atoms with van der Waals surface area (Å²) in [6.07, 6.45) is 0.833. The molecule has 2 aromatic heterocycles. The van der Waals surface area contributed by atoms with Gasteiger partial charge in [0.1, 0.15) is 21.2 Å². The number of fused-ring (bicyclic) bond motifs is 1.